The molecule has 1 aromatic carbocycles. The van der Waals surface area contributed by atoms with E-state index in [0.29, 0.717) is 18.7 Å². The van der Waals surface area contributed by atoms with Gasteiger partial charge in [-0.2, -0.15) is 0 Å². The first-order chi connectivity index (χ1) is 8.51. The van der Waals surface area contributed by atoms with Crippen LogP contribution in [0.25, 0.3) is 0 Å². The monoisotopic (exact) mass is 251 g/mol. The minimum absolute atomic E-state index is 0.0819. The van der Waals surface area contributed by atoms with Crippen LogP contribution in [0, 0.1) is 10.1 Å². The van der Waals surface area contributed by atoms with Crippen LogP contribution in [-0.4, -0.2) is 29.6 Å². The van der Waals surface area contributed by atoms with Crippen LogP contribution in [0.15, 0.2) is 24.3 Å². The normalized spacial score (nSPS) is 22.7. The molecule has 1 amide bonds. The van der Waals surface area contributed by atoms with Gasteiger partial charge in [0.25, 0.3) is 5.69 Å². The minimum Gasteiger partial charge on any atom is -0.379 e. The van der Waals surface area contributed by atoms with E-state index in [-0.39, 0.29) is 18.2 Å². The Morgan fingerprint density at radius 1 is 1.56 bits per heavy atom. The first kappa shape index (κ1) is 12.5. The molecular weight excluding hydrogens is 238 g/mol. The number of nitro benzene ring substituents is 1. The smallest absolute Gasteiger partial charge is 0.271 e. The molecule has 1 fully saturated rings. The van der Waals surface area contributed by atoms with Gasteiger partial charge in [0, 0.05) is 24.4 Å². The van der Waals surface area contributed by atoms with E-state index in [0.717, 1.165) is 0 Å². The Balaban J connectivity index is 2.11. The number of carbonyl (C=O) groups excluding carboxylic acids is 1. The Bertz CT molecular complexity index is 483. The van der Waals surface area contributed by atoms with Gasteiger partial charge in [0.05, 0.1) is 11.5 Å². The van der Waals surface area contributed by atoms with Crippen molar-refractivity contribution in [2.75, 3.05) is 18.5 Å². The van der Waals surface area contributed by atoms with Gasteiger partial charge in [-0.3, -0.25) is 14.9 Å². The summed E-state index contributed by atoms with van der Waals surface area (Å²) in [5.41, 5.74) is 5.10. The van der Waals surface area contributed by atoms with E-state index in [2.05, 4.69) is 5.32 Å². The lowest BCUT2D eigenvalue weighted by Gasteiger charge is -2.20. The largest absolute Gasteiger partial charge is 0.379 e. The predicted molar refractivity (Wildman–Crippen MR) is 64.1 cm³/mol. The standard InChI is InChI=1S/C11H13N3O4/c12-11(4-5-18-7-11)10(15)13-8-2-1-3-9(6-8)14(16)17/h1-3,6H,4-5,7,12H2,(H,13,15). The van der Waals surface area contributed by atoms with Crippen LogP contribution in [0.2, 0.25) is 0 Å². The number of hydrogen-bond donors (Lipinski definition) is 2. The number of hydrogen-bond acceptors (Lipinski definition) is 5. The van der Waals surface area contributed by atoms with Crippen molar-refractivity contribution in [3.8, 4) is 0 Å². The average molecular weight is 251 g/mol. The van der Waals surface area contributed by atoms with Gasteiger partial charge in [0.1, 0.15) is 5.54 Å². The van der Waals surface area contributed by atoms with E-state index in [9.17, 15) is 14.9 Å². The van der Waals surface area contributed by atoms with Gasteiger partial charge >= 0.3 is 0 Å². The van der Waals surface area contributed by atoms with Gasteiger partial charge in [0.15, 0.2) is 0 Å². The molecule has 1 aliphatic rings. The van der Waals surface area contributed by atoms with Crippen molar-refractivity contribution in [2.45, 2.75) is 12.0 Å². The summed E-state index contributed by atoms with van der Waals surface area (Å²) in [4.78, 5) is 22.0. The molecule has 18 heavy (non-hydrogen) atoms. The van der Waals surface area contributed by atoms with E-state index in [4.69, 9.17) is 10.5 Å². The summed E-state index contributed by atoms with van der Waals surface area (Å²) in [6.07, 6.45) is 0.438. The highest BCUT2D eigenvalue weighted by atomic mass is 16.6. The van der Waals surface area contributed by atoms with Crippen LogP contribution in [-0.2, 0) is 9.53 Å². The van der Waals surface area contributed by atoms with Gasteiger partial charge in [-0.1, -0.05) is 6.07 Å². The summed E-state index contributed by atoms with van der Waals surface area (Å²) < 4.78 is 5.09. The van der Waals surface area contributed by atoms with Crippen LogP contribution in [0.5, 0.6) is 0 Å². The van der Waals surface area contributed by atoms with Gasteiger partial charge in [0.2, 0.25) is 5.91 Å². The molecule has 3 N–H and O–H groups in total. The fourth-order valence-electron chi connectivity index (χ4n) is 1.71. The summed E-state index contributed by atoms with van der Waals surface area (Å²) in [7, 11) is 0. The molecule has 1 aliphatic heterocycles. The van der Waals surface area contributed by atoms with Gasteiger partial charge in [-0.15, -0.1) is 0 Å². The van der Waals surface area contributed by atoms with E-state index in [1.54, 1.807) is 6.07 Å². The summed E-state index contributed by atoms with van der Waals surface area (Å²) in [5.74, 6) is -0.388. The van der Waals surface area contributed by atoms with E-state index in [1.807, 2.05) is 0 Å². The highest BCUT2D eigenvalue weighted by Gasteiger charge is 2.38. The number of non-ortho nitro benzene ring substituents is 1. The van der Waals surface area contributed by atoms with Crippen molar-refractivity contribution in [1.82, 2.24) is 0 Å². The fraction of sp³-hybridized carbons (Fsp3) is 0.364. The Morgan fingerprint density at radius 2 is 2.33 bits per heavy atom. The molecule has 7 heteroatoms. The van der Waals surface area contributed by atoms with E-state index < -0.39 is 10.5 Å². The van der Waals surface area contributed by atoms with E-state index >= 15 is 0 Å². The Morgan fingerprint density at radius 3 is 2.94 bits per heavy atom. The fourth-order valence-corrected chi connectivity index (χ4v) is 1.71. The quantitative estimate of drug-likeness (QED) is 0.605. The SMILES string of the molecule is NC1(C(=O)Nc2cccc([N+](=O)[O-])c2)CCOC1. The maximum Gasteiger partial charge on any atom is 0.271 e. The highest BCUT2D eigenvalue weighted by molar-refractivity contribution is 5.98. The number of rotatable bonds is 3. The lowest BCUT2D eigenvalue weighted by Crippen LogP contribution is -2.51. The number of nitrogens with one attached hydrogen (secondary N) is 1. The molecule has 0 radical (unpaired) electrons. The third-order valence-electron chi connectivity index (χ3n) is 2.82. The second kappa shape index (κ2) is 4.71. The average Bonchev–Trinajstić information content (AvgIpc) is 2.78. The second-order valence-electron chi connectivity index (χ2n) is 4.22. The summed E-state index contributed by atoms with van der Waals surface area (Å²) in [6.45, 7) is 0.604. The molecule has 1 heterocycles. The van der Waals surface area contributed by atoms with Gasteiger partial charge in [-0.25, -0.2) is 0 Å². The van der Waals surface area contributed by atoms with Crippen LogP contribution in [0.4, 0.5) is 11.4 Å². The molecule has 0 bridgehead atoms. The molecule has 1 unspecified atom stereocenters. The molecule has 0 aliphatic carbocycles. The van der Waals surface area contributed by atoms with Crippen molar-refractivity contribution in [3.05, 3.63) is 34.4 Å². The maximum absolute atomic E-state index is 11.9. The lowest BCUT2D eigenvalue weighted by atomic mass is 9.99. The third kappa shape index (κ3) is 2.47. The number of carbonyl (C=O) groups is 1. The van der Waals surface area contributed by atoms with Crippen molar-refractivity contribution in [3.63, 3.8) is 0 Å². The van der Waals surface area contributed by atoms with Crippen LogP contribution in [0.1, 0.15) is 6.42 Å². The molecule has 96 valence electrons. The zero-order valence-electron chi connectivity index (χ0n) is 9.59. The highest BCUT2D eigenvalue weighted by Crippen LogP contribution is 2.21. The molecule has 1 atom stereocenters. The summed E-state index contributed by atoms with van der Waals surface area (Å²) in [6, 6.07) is 5.72. The van der Waals surface area contributed by atoms with Crippen molar-refractivity contribution in [2.24, 2.45) is 5.73 Å². The van der Waals surface area contributed by atoms with Gasteiger partial charge in [-0.05, 0) is 12.5 Å². The zero-order chi connectivity index (χ0) is 13.2. The lowest BCUT2D eigenvalue weighted by molar-refractivity contribution is -0.384. The first-order valence-corrected chi connectivity index (χ1v) is 5.44. The Kier molecular flexibility index (Phi) is 3.26. The number of nitrogens with zero attached hydrogens (tertiary/aromatic N) is 1. The summed E-state index contributed by atoms with van der Waals surface area (Å²) >= 11 is 0. The number of nitro groups is 1. The third-order valence-corrected chi connectivity index (χ3v) is 2.82. The molecule has 1 saturated heterocycles. The van der Waals surface area contributed by atoms with Crippen LogP contribution < -0.4 is 11.1 Å². The molecular formula is C11H13N3O4. The zero-order valence-corrected chi connectivity index (χ0v) is 9.59. The van der Waals surface area contributed by atoms with E-state index in [1.165, 1.54) is 18.2 Å². The first-order valence-electron chi connectivity index (χ1n) is 5.44. The van der Waals surface area contributed by atoms with Crippen LogP contribution >= 0.6 is 0 Å². The Labute approximate surface area is 103 Å². The molecule has 1 aromatic rings. The number of ether oxygens (including phenoxy) is 1. The van der Waals surface area contributed by atoms with Crippen molar-refractivity contribution >= 4 is 17.3 Å². The van der Waals surface area contributed by atoms with Gasteiger partial charge < -0.3 is 15.8 Å². The van der Waals surface area contributed by atoms with Crippen molar-refractivity contribution in [1.29, 1.82) is 0 Å². The molecule has 0 spiro atoms. The number of benzene rings is 1. The molecule has 0 aromatic heterocycles. The van der Waals surface area contributed by atoms with Crippen molar-refractivity contribution < 1.29 is 14.5 Å². The maximum atomic E-state index is 11.9. The second-order valence-corrected chi connectivity index (χ2v) is 4.22. The number of nitrogens with two attached hydrogens (primary N) is 1. The molecule has 7 nitrogen and oxygen atoms in total. The number of anilines is 1. The topological polar surface area (TPSA) is 107 Å². The summed E-state index contributed by atoms with van der Waals surface area (Å²) in [5, 5.41) is 13.2. The minimum atomic E-state index is -1.05. The van der Waals surface area contributed by atoms with Crippen LogP contribution in [0.3, 0.4) is 0 Å². The Hall–Kier alpha value is -1.99. The molecule has 0 saturated carbocycles. The number of amides is 1. The molecule has 2 rings (SSSR count). The predicted octanol–water partition coefficient (Wildman–Crippen LogP) is 0.651.